The fourth-order valence-corrected chi connectivity index (χ4v) is 2.97. The van der Waals surface area contributed by atoms with E-state index in [0.29, 0.717) is 17.6 Å². The van der Waals surface area contributed by atoms with Gasteiger partial charge in [0.1, 0.15) is 13.1 Å². The van der Waals surface area contributed by atoms with E-state index in [1.807, 2.05) is 0 Å². The van der Waals surface area contributed by atoms with Crippen LogP contribution in [0.5, 0.6) is 0 Å². The minimum atomic E-state index is -0.809. The monoisotopic (exact) mass is 285 g/mol. The van der Waals surface area contributed by atoms with E-state index in [2.05, 4.69) is 11.9 Å². The minimum absolute atomic E-state index is 0.0167. The minimum Gasteiger partial charge on any atom is -0.477 e. The van der Waals surface area contributed by atoms with Crippen LogP contribution in [0.1, 0.15) is 51.9 Å². The van der Waals surface area contributed by atoms with Crippen LogP contribution >= 0.6 is 0 Å². The summed E-state index contributed by atoms with van der Waals surface area (Å²) in [4.78, 5) is 15.6. The number of hydrogen-bond acceptors (Lipinski definition) is 3. The van der Waals surface area contributed by atoms with Crippen LogP contribution in [0.4, 0.5) is 0 Å². The first-order chi connectivity index (χ1) is 9.64. The number of carbonyl (C=O) groups is 1. The molecule has 5 heteroatoms. The predicted molar refractivity (Wildman–Crippen MR) is 79.9 cm³/mol. The summed E-state index contributed by atoms with van der Waals surface area (Å²) in [5.41, 5.74) is 0. The van der Waals surface area contributed by atoms with E-state index in [1.165, 1.54) is 32.1 Å². The summed E-state index contributed by atoms with van der Waals surface area (Å²) in [6.07, 6.45) is 8.22. The van der Waals surface area contributed by atoms with Gasteiger partial charge in [-0.25, -0.2) is 9.79 Å². The number of nitrogens with zero attached hydrogens (tertiary/aromatic N) is 2. The third-order valence-electron chi connectivity index (χ3n) is 4.09. The number of rotatable bonds is 11. The fourth-order valence-electron chi connectivity index (χ4n) is 2.97. The molecule has 116 valence electrons. The summed E-state index contributed by atoms with van der Waals surface area (Å²) in [5.74, 6) is 0.174. The smallest absolute Gasteiger partial charge is 0.359 e. The molecule has 5 nitrogen and oxygen atoms in total. The number of unbranched alkanes of at least 4 members (excludes halogenated alkanes) is 5. The molecule has 2 N–H and O–H groups in total. The van der Waals surface area contributed by atoms with Gasteiger partial charge < -0.3 is 10.2 Å². The Balaban J connectivity index is 2.43. The standard InChI is InChI=1S/C15H28N2O3/c1-2-3-4-5-6-7-8-14-16-9-10-17(14,11-12-18)13-15(19)20/h18H,2-13H2,1H3/p+1. The van der Waals surface area contributed by atoms with Crippen molar-refractivity contribution in [1.29, 1.82) is 0 Å². The molecule has 0 fully saturated rings. The normalized spacial score (nSPS) is 22.0. The number of aliphatic imine (C=N–C) groups is 1. The average Bonchev–Trinajstić information content (AvgIpc) is 2.76. The molecule has 0 aromatic carbocycles. The van der Waals surface area contributed by atoms with E-state index in [-0.39, 0.29) is 13.2 Å². The third kappa shape index (κ3) is 5.21. The second-order valence-corrected chi connectivity index (χ2v) is 5.68. The Bertz CT molecular complexity index is 331. The number of aliphatic carboxylic acids is 1. The van der Waals surface area contributed by atoms with Crippen LogP contribution in [0.25, 0.3) is 0 Å². The quantitative estimate of drug-likeness (QED) is 0.451. The highest BCUT2D eigenvalue weighted by Crippen LogP contribution is 2.20. The number of quaternary nitrogens is 1. The molecule has 0 radical (unpaired) electrons. The SMILES string of the molecule is CCCCCCCCC1=NCC[N+]1(CCO)CC(=O)O. The number of aliphatic hydroxyl groups excluding tert-OH is 1. The lowest BCUT2D eigenvalue weighted by Gasteiger charge is -2.32. The molecule has 1 atom stereocenters. The van der Waals surface area contributed by atoms with Crippen LogP contribution in [-0.2, 0) is 4.79 Å². The number of amidine groups is 1. The van der Waals surface area contributed by atoms with Crippen molar-refractivity contribution < 1.29 is 19.5 Å². The highest BCUT2D eigenvalue weighted by molar-refractivity contribution is 5.80. The van der Waals surface area contributed by atoms with Crippen LogP contribution in [0.3, 0.4) is 0 Å². The Hall–Kier alpha value is -0.940. The van der Waals surface area contributed by atoms with Crippen LogP contribution in [0.15, 0.2) is 4.99 Å². The number of carboxylic acids is 1. The van der Waals surface area contributed by atoms with Crippen LogP contribution in [0.2, 0.25) is 0 Å². The Morgan fingerprint density at radius 3 is 2.60 bits per heavy atom. The van der Waals surface area contributed by atoms with Crippen molar-refractivity contribution >= 4 is 11.8 Å². The van der Waals surface area contributed by atoms with Gasteiger partial charge in [0.25, 0.3) is 0 Å². The van der Waals surface area contributed by atoms with E-state index >= 15 is 0 Å². The van der Waals surface area contributed by atoms with Gasteiger partial charge in [0.05, 0.1) is 13.2 Å². The molecular weight excluding hydrogens is 256 g/mol. The summed E-state index contributed by atoms with van der Waals surface area (Å²) in [6.45, 7) is 4.16. The first kappa shape index (κ1) is 17.1. The Kier molecular flexibility index (Phi) is 7.77. The predicted octanol–water partition coefficient (Wildman–Crippen LogP) is 2.04. The van der Waals surface area contributed by atoms with Crippen LogP contribution < -0.4 is 0 Å². The maximum Gasteiger partial charge on any atom is 0.359 e. The molecular formula is C15H29N2O3+. The van der Waals surface area contributed by atoms with Gasteiger partial charge in [0.2, 0.25) is 0 Å². The Morgan fingerprint density at radius 1 is 1.25 bits per heavy atom. The highest BCUT2D eigenvalue weighted by atomic mass is 16.4. The summed E-state index contributed by atoms with van der Waals surface area (Å²) in [7, 11) is 0. The van der Waals surface area contributed by atoms with Gasteiger partial charge >= 0.3 is 5.97 Å². The molecule has 1 unspecified atom stereocenters. The molecule has 1 aliphatic heterocycles. The zero-order valence-electron chi connectivity index (χ0n) is 12.7. The van der Waals surface area contributed by atoms with Gasteiger partial charge in [-0.1, -0.05) is 39.0 Å². The fraction of sp³-hybridized carbons (Fsp3) is 0.867. The molecule has 1 rings (SSSR count). The Labute approximate surface area is 121 Å². The molecule has 0 saturated heterocycles. The van der Waals surface area contributed by atoms with E-state index in [9.17, 15) is 9.90 Å². The first-order valence-corrected chi connectivity index (χ1v) is 7.87. The second-order valence-electron chi connectivity index (χ2n) is 5.68. The zero-order chi connectivity index (χ0) is 14.8. The molecule has 0 saturated carbocycles. The van der Waals surface area contributed by atoms with Gasteiger partial charge in [0.15, 0.2) is 12.4 Å². The topological polar surface area (TPSA) is 69.9 Å². The van der Waals surface area contributed by atoms with E-state index in [4.69, 9.17) is 5.11 Å². The molecule has 0 spiro atoms. The van der Waals surface area contributed by atoms with E-state index in [0.717, 1.165) is 25.2 Å². The molecule has 0 bridgehead atoms. The van der Waals surface area contributed by atoms with Gasteiger partial charge in [-0.05, 0) is 6.42 Å². The first-order valence-electron chi connectivity index (χ1n) is 7.87. The van der Waals surface area contributed by atoms with Gasteiger partial charge in [-0.3, -0.25) is 4.48 Å². The lowest BCUT2D eigenvalue weighted by Crippen LogP contribution is -2.55. The van der Waals surface area contributed by atoms with Gasteiger partial charge in [-0.2, -0.15) is 0 Å². The number of carboxylic acid groups (broad SMARTS) is 1. The molecule has 0 aromatic heterocycles. The van der Waals surface area contributed by atoms with Gasteiger partial charge in [0, 0.05) is 6.42 Å². The third-order valence-corrected chi connectivity index (χ3v) is 4.09. The van der Waals surface area contributed by atoms with E-state index in [1.54, 1.807) is 0 Å². The van der Waals surface area contributed by atoms with Crippen molar-refractivity contribution in [3.63, 3.8) is 0 Å². The van der Waals surface area contributed by atoms with Crippen molar-refractivity contribution in [2.75, 3.05) is 32.8 Å². The maximum atomic E-state index is 11.1. The lowest BCUT2D eigenvalue weighted by molar-refractivity contribution is -0.829. The average molecular weight is 285 g/mol. The highest BCUT2D eigenvalue weighted by Gasteiger charge is 2.39. The number of aliphatic hydroxyl groups is 1. The molecule has 0 aromatic rings. The lowest BCUT2D eigenvalue weighted by atomic mass is 10.1. The van der Waals surface area contributed by atoms with Crippen molar-refractivity contribution in [2.24, 2.45) is 4.99 Å². The molecule has 0 aliphatic carbocycles. The second kappa shape index (κ2) is 9.08. The molecule has 1 aliphatic rings. The van der Waals surface area contributed by atoms with Crippen LogP contribution in [0, 0.1) is 0 Å². The summed E-state index contributed by atoms with van der Waals surface area (Å²) in [6, 6.07) is 0. The van der Waals surface area contributed by atoms with Crippen LogP contribution in [-0.4, -0.2) is 59.3 Å². The van der Waals surface area contributed by atoms with E-state index < -0.39 is 5.97 Å². The Morgan fingerprint density at radius 2 is 1.95 bits per heavy atom. The number of hydrogen-bond donors (Lipinski definition) is 2. The summed E-state index contributed by atoms with van der Waals surface area (Å²) < 4.78 is 0.362. The van der Waals surface area contributed by atoms with Crippen molar-refractivity contribution in [1.82, 2.24) is 0 Å². The van der Waals surface area contributed by atoms with Crippen molar-refractivity contribution in [2.45, 2.75) is 51.9 Å². The summed E-state index contributed by atoms with van der Waals surface area (Å²) in [5, 5.41) is 18.3. The summed E-state index contributed by atoms with van der Waals surface area (Å²) >= 11 is 0. The van der Waals surface area contributed by atoms with Crippen molar-refractivity contribution in [3.05, 3.63) is 0 Å². The zero-order valence-corrected chi connectivity index (χ0v) is 12.7. The molecule has 1 heterocycles. The molecule has 0 amide bonds. The largest absolute Gasteiger partial charge is 0.477 e. The maximum absolute atomic E-state index is 11.1. The molecule has 20 heavy (non-hydrogen) atoms. The van der Waals surface area contributed by atoms with Gasteiger partial charge in [-0.15, -0.1) is 0 Å². The van der Waals surface area contributed by atoms with Crippen molar-refractivity contribution in [3.8, 4) is 0 Å².